The third-order valence-corrected chi connectivity index (χ3v) is 5.49. The molecule has 148 valence electrons. The van der Waals surface area contributed by atoms with Gasteiger partial charge in [0.25, 0.3) is 5.91 Å². The maximum Gasteiger partial charge on any atom is 0.255 e. The molecule has 0 bridgehead atoms. The topological polar surface area (TPSA) is 48.5 Å². The van der Waals surface area contributed by atoms with E-state index in [2.05, 4.69) is 46.3 Å². The summed E-state index contributed by atoms with van der Waals surface area (Å²) in [5, 5.41) is 2.98. The van der Waals surface area contributed by atoms with Gasteiger partial charge >= 0.3 is 0 Å². The quantitative estimate of drug-likeness (QED) is 0.716. The standard InChI is InChI=1S/C24H26N4O/c1-27(2)22-14-16-28(17-22)21-12-10-20(11-13-21)26-24(29)19-8-6-18(7-9-19)23-5-3-4-15-25-23/h3-13,15,22H,14,16-17H2,1-2H3,(H,26,29). The first-order valence-electron chi connectivity index (χ1n) is 9.94. The molecule has 1 aromatic heterocycles. The molecule has 29 heavy (non-hydrogen) atoms. The highest BCUT2D eigenvalue weighted by molar-refractivity contribution is 6.04. The van der Waals surface area contributed by atoms with Crippen LogP contribution in [0.2, 0.25) is 0 Å². The van der Waals surface area contributed by atoms with Crippen LogP contribution in [0.1, 0.15) is 16.8 Å². The summed E-state index contributed by atoms with van der Waals surface area (Å²) in [6.07, 6.45) is 2.95. The van der Waals surface area contributed by atoms with Gasteiger partial charge in [-0.2, -0.15) is 0 Å². The van der Waals surface area contributed by atoms with Crippen molar-refractivity contribution >= 4 is 17.3 Å². The number of rotatable bonds is 5. The van der Waals surface area contributed by atoms with Crippen LogP contribution in [0.4, 0.5) is 11.4 Å². The highest BCUT2D eigenvalue weighted by Crippen LogP contribution is 2.24. The minimum absolute atomic E-state index is 0.112. The van der Waals surface area contributed by atoms with Crippen molar-refractivity contribution in [2.45, 2.75) is 12.5 Å². The summed E-state index contributed by atoms with van der Waals surface area (Å²) in [6.45, 7) is 2.11. The fourth-order valence-corrected chi connectivity index (χ4v) is 3.68. The molecule has 4 rings (SSSR count). The molecule has 1 aliphatic rings. The predicted molar refractivity (Wildman–Crippen MR) is 118 cm³/mol. The van der Waals surface area contributed by atoms with E-state index in [1.807, 2.05) is 54.6 Å². The largest absolute Gasteiger partial charge is 0.370 e. The van der Waals surface area contributed by atoms with Crippen molar-refractivity contribution in [3.05, 3.63) is 78.5 Å². The van der Waals surface area contributed by atoms with Gasteiger partial charge in [-0.15, -0.1) is 0 Å². The van der Waals surface area contributed by atoms with Gasteiger partial charge in [0.05, 0.1) is 5.69 Å². The van der Waals surface area contributed by atoms with Crippen molar-refractivity contribution in [2.75, 3.05) is 37.4 Å². The van der Waals surface area contributed by atoms with Gasteiger partial charge in [-0.1, -0.05) is 18.2 Å². The van der Waals surface area contributed by atoms with Gasteiger partial charge in [0.2, 0.25) is 0 Å². The summed E-state index contributed by atoms with van der Waals surface area (Å²) >= 11 is 0. The average molecular weight is 386 g/mol. The van der Waals surface area contributed by atoms with Crippen LogP contribution in [0, 0.1) is 0 Å². The van der Waals surface area contributed by atoms with Crippen LogP contribution in [-0.4, -0.2) is 49.0 Å². The smallest absolute Gasteiger partial charge is 0.255 e. The van der Waals surface area contributed by atoms with Crippen molar-refractivity contribution in [1.29, 1.82) is 0 Å². The zero-order chi connectivity index (χ0) is 20.2. The molecule has 1 amide bonds. The minimum Gasteiger partial charge on any atom is -0.370 e. The normalized spacial score (nSPS) is 16.2. The zero-order valence-corrected chi connectivity index (χ0v) is 16.9. The SMILES string of the molecule is CN(C)C1CCN(c2ccc(NC(=O)c3ccc(-c4ccccn4)cc3)cc2)C1. The number of hydrogen-bond donors (Lipinski definition) is 1. The number of amides is 1. The molecule has 1 saturated heterocycles. The molecule has 3 aromatic rings. The van der Waals surface area contributed by atoms with E-state index >= 15 is 0 Å². The molecular formula is C24H26N4O. The Balaban J connectivity index is 1.38. The first-order valence-corrected chi connectivity index (χ1v) is 9.94. The van der Waals surface area contributed by atoms with Crippen LogP contribution in [0.15, 0.2) is 72.9 Å². The number of nitrogens with zero attached hydrogens (tertiary/aromatic N) is 3. The van der Waals surface area contributed by atoms with Crippen LogP contribution in [0.3, 0.4) is 0 Å². The number of carbonyl (C=O) groups is 1. The third kappa shape index (κ3) is 4.46. The second kappa shape index (κ2) is 8.45. The molecule has 1 fully saturated rings. The van der Waals surface area contributed by atoms with Gasteiger partial charge in [0.1, 0.15) is 0 Å². The van der Waals surface area contributed by atoms with Gasteiger partial charge < -0.3 is 15.1 Å². The lowest BCUT2D eigenvalue weighted by atomic mass is 10.1. The summed E-state index contributed by atoms with van der Waals surface area (Å²) in [5.41, 5.74) is 4.52. The number of benzene rings is 2. The molecular weight excluding hydrogens is 360 g/mol. The first-order chi connectivity index (χ1) is 14.1. The van der Waals surface area contributed by atoms with Crippen molar-refractivity contribution < 1.29 is 4.79 Å². The van der Waals surface area contributed by atoms with E-state index in [1.54, 1.807) is 6.20 Å². The maximum absolute atomic E-state index is 12.6. The number of pyridine rings is 1. The van der Waals surface area contributed by atoms with E-state index in [9.17, 15) is 4.79 Å². The van der Waals surface area contributed by atoms with Gasteiger partial charge in [0.15, 0.2) is 0 Å². The van der Waals surface area contributed by atoms with E-state index in [0.29, 0.717) is 11.6 Å². The molecule has 2 heterocycles. The Labute approximate surface area is 172 Å². The molecule has 2 aromatic carbocycles. The van der Waals surface area contributed by atoms with Crippen molar-refractivity contribution in [3.63, 3.8) is 0 Å². The van der Waals surface area contributed by atoms with E-state index < -0.39 is 0 Å². The summed E-state index contributed by atoms with van der Waals surface area (Å²) in [4.78, 5) is 21.6. The Kier molecular flexibility index (Phi) is 5.58. The van der Waals surface area contributed by atoms with Gasteiger partial charge in [-0.3, -0.25) is 9.78 Å². The zero-order valence-electron chi connectivity index (χ0n) is 16.9. The lowest BCUT2D eigenvalue weighted by Crippen LogP contribution is -2.31. The number of aromatic nitrogens is 1. The maximum atomic E-state index is 12.6. The summed E-state index contributed by atoms with van der Waals surface area (Å²) in [7, 11) is 4.27. The molecule has 5 heteroatoms. The van der Waals surface area contributed by atoms with Gasteiger partial charge in [0, 0.05) is 47.8 Å². The van der Waals surface area contributed by atoms with E-state index in [0.717, 1.165) is 30.0 Å². The van der Waals surface area contributed by atoms with Crippen LogP contribution in [0.5, 0.6) is 0 Å². The van der Waals surface area contributed by atoms with Crippen LogP contribution < -0.4 is 10.2 Å². The second-order valence-electron chi connectivity index (χ2n) is 7.65. The molecule has 0 saturated carbocycles. The summed E-state index contributed by atoms with van der Waals surface area (Å²) < 4.78 is 0. The predicted octanol–water partition coefficient (Wildman–Crippen LogP) is 4.14. The van der Waals surface area contributed by atoms with Crippen molar-refractivity contribution in [1.82, 2.24) is 9.88 Å². The summed E-state index contributed by atoms with van der Waals surface area (Å²) in [5.74, 6) is -0.112. The number of nitrogens with one attached hydrogen (secondary N) is 1. The molecule has 5 nitrogen and oxygen atoms in total. The molecule has 0 radical (unpaired) electrons. The second-order valence-corrected chi connectivity index (χ2v) is 7.65. The number of anilines is 2. The lowest BCUT2D eigenvalue weighted by molar-refractivity contribution is 0.102. The lowest BCUT2D eigenvalue weighted by Gasteiger charge is -2.22. The molecule has 0 aliphatic carbocycles. The monoisotopic (exact) mass is 386 g/mol. The first kappa shape index (κ1) is 19.2. The molecule has 1 aliphatic heterocycles. The van der Waals surface area contributed by atoms with Crippen molar-refractivity contribution in [2.24, 2.45) is 0 Å². The van der Waals surface area contributed by atoms with Crippen LogP contribution in [0.25, 0.3) is 11.3 Å². The van der Waals surface area contributed by atoms with Crippen LogP contribution >= 0.6 is 0 Å². The molecule has 1 atom stereocenters. The fraction of sp³-hybridized carbons (Fsp3) is 0.250. The Morgan fingerprint density at radius 2 is 1.79 bits per heavy atom. The minimum atomic E-state index is -0.112. The highest BCUT2D eigenvalue weighted by atomic mass is 16.1. The molecule has 1 unspecified atom stereocenters. The van der Waals surface area contributed by atoms with E-state index in [1.165, 1.54) is 12.1 Å². The Bertz CT molecular complexity index is 952. The van der Waals surface area contributed by atoms with E-state index in [-0.39, 0.29) is 5.91 Å². The number of carbonyl (C=O) groups excluding carboxylic acids is 1. The Morgan fingerprint density at radius 3 is 2.41 bits per heavy atom. The number of likely N-dealkylation sites (N-methyl/N-ethyl adjacent to an activating group) is 1. The van der Waals surface area contributed by atoms with Gasteiger partial charge in [-0.25, -0.2) is 0 Å². The molecule has 0 spiro atoms. The van der Waals surface area contributed by atoms with Crippen LogP contribution in [-0.2, 0) is 0 Å². The third-order valence-electron chi connectivity index (χ3n) is 5.49. The van der Waals surface area contributed by atoms with Gasteiger partial charge in [-0.05, 0) is 69.0 Å². The van der Waals surface area contributed by atoms with Crippen molar-refractivity contribution in [3.8, 4) is 11.3 Å². The molecule has 1 N–H and O–H groups in total. The Morgan fingerprint density at radius 1 is 1.03 bits per heavy atom. The average Bonchev–Trinajstić information content (AvgIpc) is 3.26. The Hall–Kier alpha value is -3.18. The fourth-order valence-electron chi connectivity index (χ4n) is 3.68. The highest BCUT2D eigenvalue weighted by Gasteiger charge is 2.23. The van der Waals surface area contributed by atoms with E-state index in [4.69, 9.17) is 0 Å². The summed E-state index contributed by atoms with van der Waals surface area (Å²) in [6, 6.07) is 22.0. The number of hydrogen-bond acceptors (Lipinski definition) is 4.